The van der Waals surface area contributed by atoms with Crippen molar-refractivity contribution in [2.45, 2.75) is 0 Å². The third-order valence-corrected chi connectivity index (χ3v) is 8.62. The highest BCUT2D eigenvalue weighted by atomic mass is 14.9. The van der Waals surface area contributed by atoms with Crippen LogP contribution in [0.3, 0.4) is 0 Å². The smallest absolute Gasteiger partial charge is 0.0617 e. The molecule has 3 N–H and O–H groups in total. The number of fused-ring (bicyclic) bond motifs is 3. The van der Waals surface area contributed by atoms with Crippen LogP contribution in [0.15, 0.2) is 164 Å². The SMILES string of the molecule is Nc1ccccc1Nc1ccc(-c2c3ccccc3c(-c3ccc(-c4cccc5ccccc45)cc3)c3ccccc23)cc1. The summed E-state index contributed by atoms with van der Waals surface area (Å²) in [5.74, 6) is 0. The maximum absolute atomic E-state index is 6.17. The van der Waals surface area contributed by atoms with Gasteiger partial charge >= 0.3 is 0 Å². The molecule has 0 atom stereocenters. The lowest BCUT2D eigenvalue weighted by Crippen LogP contribution is -1.95. The van der Waals surface area contributed by atoms with Gasteiger partial charge in [0.2, 0.25) is 0 Å². The Balaban J connectivity index is 1.25. The largest absolute Gasteiger partial charge is 0.397 e. The van der Waals surface area contributed by atoms with Crippen LogP contribution in [0, 0.1) is 0 Å². The van der Waals surface area contributed by atoms with Crippen molar-refractivity contribution in [2.75, 3.05) is 11.1 Å². The first-order valence-electron chi connectivity index (χ1n) is 15.0. The summed E-state index contributed by atoms with van der Waals surface area (Å²) in [5, 5.41) is 11.0. The molecular formula is C42H30N2. The van der Waals surface area contributed by atoms with Gasteiger partial charge in [0.15, 0.2) is 0 Å². The fourth-order valence-corrected chi connectivity index (χ4v) is 6.53. The van der Waals surface area contributed by atoms with Crippen molar-refractivity contribution in [1.29, 1.82) is 0 Å². The summed E-state index contributed by atoms with van der Waals surface area (Å²) in [5.41, 5.74) is 16.2. The van der Waals surface area contributed by atoms with E-state index in [0.29, 0.717) is 0 Å². The highest BCUT2D eigenvalue weighted by molar-refractivity contribution is 6.21. The first-order chi connectivity index (χ1) is 21.7. The van der Waals surface area contributed by atoms with Crippen LogP contribution in [0.4, 0.5) is 17.1 Å². The lowest BCUT2D eigenvalue weighted by Gasteiger charge is -2.18. The molecule has 0 aliphatic heterocycles. The van der Waals surface area contributed by atoms with E-state index in [-0.39, 0.29) is 0 Å². The minimum absolute atomic E-state index is 0.731. The lowest BCUT2D eigenvalue weighted by atomic mass is 9.85. The van der Waals surface area contributed by atoms with Crippen molar-refractivity contribution in [2.24, 2.45) is 0 Å². The Kier molecular flexibility index (Phi) is 6.31. The van der Waals surface area contributed by atoms with E-state index in [1.165, 1.54) is 65.7 Å². The van der Waals surface area contributed by atoms with Gasteiger partial charge in [0.25, 0.3) is 0 Å². The Morgan fingerprint density at radius 1 is 0.364 bits per heavy atom. The van der Waals surface area contributed by atoms with Gasteiger partial charge in [-0.05, 0) is 90.0 Å². The molecule has 0 aliphatic rings. The molecule has 0 amide bonds. The normalized spacial score (nSPS) is 11.3. The van der Waals surface area contributed by atoms with Crippen LogP contribution in [0.5, 0.6) is 0 Å². The maximum atomic E-state index is 6.17. The molecule has 8 rings (SSSR count). The molecule has 0 saturated carbocycles. The summed E-state index contributed by atoms with van der Waals surface area (Å²) in [4.78, 5) is 0. The summed E-state index contributed by atoms with van der Waals surface area (Å²) < 4.78 is 0. The molecule has 2 heteroatoms. The van der Waals surface area contributed by atoms with E-state index >= 15 is 0 Å². The van der Waals surface area contributed by atoms with Gasteiger partial charge in [0, 0.05) is 5.69 Å². The molecule has 0 spiro atoms. The number of hydrogen-bond donors (Lipinski definition) is 2. The van der Waals surface area contributed by atoms with Gasteiger partial charge in [-0.2, -0.15) is 0 Å². The zero-order chi connectivity index (χ0) is 29.5. The van der Waals surface area contributed by atoms with E-state index in [1.54, 1.807) is 0 Å². The minimum Gasteiger partial charge on any atom is -0.397 e. The molecular weight excluding hydrogens is 532 g/mol. The average molecular weight is 563 g/mol. The first kappa shape index (κ1) is 25.8. The molecule has 2 nitrogen and oxygen atoms in total. The first-order valence-corrected chi connectivity index (χ1v) is 15.0. The molecule has 208 valence electrons. The number of benzene rings is 8. The number of para-hydroxylation sites is 2. The van der Waals surface area contributed by atoms with Crippen LogP contribution in [0.2, 0.25) is 0 Å². The number of nitrogens with one attached hydrogen (secondary N) is 1. The third kappa shape index (κ3) is 4.45. The molecule has 0 fully saturated rings. The average Bonchev–Trinajstić information content (AvgIpc) is 3.08. The number of rotatable bonds is 5. The Hall–Kier alpha value is -5.86. The third-order valence-electron chi connectivity index (χ3n) is 8.62. The van der Waals surface area contributed by atoms with E-state index in [2.05, 4.69) is 145 Å². The zero-order valence-corrected chi connectivity index (χ0v) is 24.2. The monoisotopic (exact) mass is 562 g/mol. The number of hydrogen-bond acceptors (Lipinski definition) is 2. The van der Waals surface area contributed by atoms with Crippen molar-refractivity contribution >= 4 is 49.4 Å². The van der Waals surface area contributed by atoms with E-state index in [9.17, 15) is 0 Å². The zero-order valence-electron chi connectivity index (χ0n) is 24.2. The van der Waals surface area contributed by atoms with Crippen molar-refractivity contribution in [3.8, 4) is 33.4 Å². The summed E-state index contributed by atoms with van der Waals surface area (Å²) in [7, 11) is 0. The van der Waals surface area contributed by atoms with Crippen molar-refractivity contribution < 1.29 is 0 Å². The molecule has 0 radical (unpaired) electrons. The molecule has 0 aliphatic carbocycles. The van der Waals surface area contributed by atoms with Gasteiger partial charge < -0.3 is 11.1 Å². The van der Waals surface area contributed by atoms with Gasteiger partial charge in [-0.3, -0.25) is 0 Å². The fraction of sp³-hybridized carbons (Fsp3) is 0. The molecule has 8 aromatic rings. The lowest BCUT2D eigenvalue weighted by molar-refractivity contribution is 1.54. The van der Waals surface area contributed by atoms with Crippen molar-refractivity contribution in [3.05, 3.63) is 164 Å². The summed E-state index contributed by atoms with van der Waals surface area (Å²) >= 11 is 0. The van der Waals surface area contributed by atoms with Gasteiger partial charge in [0.05, 0.1) is 11.4 Å². The molecule has 0 heterocycles. The summed E-state index contributed by atoms with van der Waals surface area (Å²) in [6.45, 7) is 0. The minimum atomic E-state index is 0.731. The summed E-state index contributed by atoms with van der Waals surface area (Å²) in [6, 6.07) is 58.3. The van der Waals surface area contributed by atoms with Gasteiger partial charge in [-0.1, -0.05) is 140 Å². The van der Waals surface area contributed by atoms with E-state index in [4.69, 9.17) is 5.73 Å². The second-order valence-corrected chi connectivity index (χ2v) is 11.2. The highest BCUT2D eigenvalue weighted by Gasteiger charge is 2.17. The van der Waals surface area contributed by atoms with Crippen LogP contribution in [0.1, 0.15) is 0 Å². The van der Waals surface area contributed by atoms with Crippen LogP contribution in [-0.2, 0) is 0 Å². The molecule has 0 bridgehead atoms. The Morgan fingerprint density at radius 3 is 1.41 bits per heavy atom. The molecule has 0 aromatic heterocycles. The van der Waals surface area contributed by atoms with E-state index < -0.39 is 0 Å². The van der Waals surface area contributed by atoms with Crippen LogP contribution in [-0.4, -0.2) is 0 Å². The molecule has 0 unspecified atom stereocenters. The topological polar surface area (TPSA) is 38.0 Å². The molecule has 0 saturated heterocycles. The number of nitrogen functional groups attached to an aromatic ring is 1. The fourth-order valence-electron chi connectivity index (χ4n) is 6.53. The Labute approximate surface area is 257 Å². The highest BCUT2D eigenvalue weighted by Crippen LogP contribution is 2.44. The van der Waals surface area contributed by atoms with Crippen molar-refractivity contribution in [3.63, 3.8) is 0 Å². The summed E-state index contributed by atoms with van der Waals surface area (Å²) in [6.07, 6.45) is 0. The standard InChI is InChI=1S/C42H30N2/c43-39-18-7-8-19-40(39)44-32-26-24-31(25-27-32)42-37-15-5-3-13-35(37)41(36-14-4-6-16-38(36)42)30-22-20-29(21-23-30)34-17-9-11-28-10-1-2-12-33(28)34/h1-27,44H,43H2. The van der Waals surface area contributed by atoms with E-state index in [0.717, 1.165) is 17.1 Å². The van der Waals surface area contributed by atoms with Gasteiger partial charge in [0.1, 0.15) is 0 Å². The molecule has 8 aromatic carbocycles. The second kappa shape index (κ2) is 10.8. The quantitative estimate of drug-likeness (QED) is 0.162. The Morgan fingerprint density at radius 2 is 0.818 bits per heavy atom. The second-order valence-electron chi connectivity index (χ2n) is 11.2. The van der Waals surface area contributed by atoms with Crippen molar-refractivity contribution in [1.82, 2.24) is 0 Å². The van der Waals surface area contributed by atoms with Crippen LogP contribution >= 0.6 is 0 Å². The number of nitrogens with two attached hydrogens (primary N) is 1. The van der Waals surface area contributed by atoms with Crippen LogP contribution < -0.4 is 11.1 Å². The predicted molar refractivity (Wildman–Crippen MR) is 189 cm³/mol. The number of anilines is 3. The van der Waals surface area contributed by atoms with Gasteiger partial charge in [-0.25, -0.2) is 0 Å². The van der Waals surface area contributed by atoms with Gasteiger partial charge in [-0.15, -0.1) is 0 Å². The maximum Gasteiger partial charge on any atom is 0.0617 e. The predicted octanol–water partition coefficient (Wildman–Crippen LogP) is 11.5. The van der Waals surface area contributed by atoms with Crippen LogP contribution in [0.25, 0.3) is 65.7 Å². The van der Waals surface area contributed by atoms with E-state index in [1.807, 2.05) is 24.3 Å². The Bertz CT molecular complexity index is 2240. The molecule has 44 heavy (non-hydrogen) atoms.